The lowest BCUT2D eigenvalue weighted by atomic mass is 10.0. The molecule has 18 nitrogen and oxygen atoms in total. The van der Waals surface area contributed by atoms with E-state index < -0.39 is 53.6 Å². The normalized spacial score (nSPS) is 19.5. The van der Waals surface area contributed by atoms with Gasteiger partial charge in [0.15, 0.2) is 0 Å². The molecule has 5 rings (SSSR count). The number of unbranched alkanes of at least 4 members (excludes halogenated alkanes) is 25. The molecule has 5 aliphatic heterocycles. The van der Waals surface area contributed by atoms with Crippen LogP contribution in [0.15, 0.2) is 46.8 Å². The van der Waals surface area contributed by atoms with E-state index in [9.17, 15) is 47.9 Å². The van der Waals surface area contributed by atoms with Gasteiger partial charge in [0.1, 0.15) is 0 Å². The first-order valence-corrected chi connectivity index (χ1v) is 40.5. The van der Waals surface area contributed by atoms with Crippen LogP contribution in [-0.4, -0.2) is 102 Å². The van der Waals surface area contributed by atoms with E-state index >= 15 is 0 Å². The van der Waals surface area contributed by atoms with Gasteiger partial charge in [0, 0.05) is 38.1 Å². The molecule has 0 bridgehead atoms. The average molecular weight is 1330 g/mol. The van der Waals surface area contributed by atoms with E-state index in [1.54, 1.807) is 6.08 Å². The van der Waals surface area contributed by atoms with Crippen LogP contribution < -0.4 is 17.2 Å². The Balaban J connectivity index is 0.000000693. The first kappa shape index (κ1) is 82.1. The van der Waals surface area contributed by atoms with Gasteiger partial charge < -0.3 is 31.4 Å². The number of carbonyl (C=O) groups excluding carboxylic acids is 10. The summed E-state index contributed by atoms with van der Waals surface area (Å²) in [4.78, 5) is 119. The second-order valence-corrected chi connectivity index (χ2v) is 28.4. The zero-order valence-corrected chi connectivity index (χ0v) is 59.0. The highest BCUT2D eigenvalue weighted by molar-refractivity contribution is 8.05. The Hall–Kier alpha value is -2.88. The zero-order valence-electron chi connectivity index (χ0n) is 52.6. The van der Waals surface area contributed by atoms with Crippen LogP contribution in [0.25, 0.3) is 0 Å². The van der Waals surface area contributed by atoms with E-state index in [4.69, 9.17) is 17.2 Å². The maximum absolute atomic E-state index is 13.1. The Kier molecular flexibility index (Phi) is 49.8. The van der Waals surface area contributed by atoms with Crippen LogP contribution in [-0.2, 0) is 62.2 Å². The smallest absolute Gasteiger partial charge is 0.338 e. The van der Waals surface area contributed by atoms with Crippen LogP contribution in [0.2, 0.25) is 0 Å². The third kappa shape index (κ3) is 39.2. The number of rotatable bonds is 41. The van der Waals surface area contributed by atoms with Crippen molar-refractivity contribution in [1.82, 2.24) is 9.80 Å². The quantitative estimate of drug-likeness (QED) is 0.0128. The molecule has 10 unspecified atom stereocenters. The van der Waals surface area contributed by atoms with Crippen molar-refractivity contribution in [1.29, 1.82) is 0 Å². The van der Waals surface area contributed by atoms with Crippen LogP contribution in [0, 0.1) is 23.7 Å². The molecular weight excluding hydrogens is 1220 g/mol. The minimum atomic E-state index is -0.580. The van der Waals surface area contributed by atoms with Gasteiger partial charge in [-0.3, -0.25) is 48.2 Å². The molecule has 0 spiro atoms. The maximum Gasteiger partial charge on any atom is 0.338 e. The summed E-state index contributed by atoms with van der Waals surface area (Å²) < 4.78 is 12.9. The molecule has 87 heavy (non-hydrogen) atoms. The van der Waals surface area contributed by atoms with Gasteiger partial charge in [-0.05, 0) is 82.1 Å². The number of hydrogen-bond donors (Lipinski definition) is 3. The Morgan fingerprint density at radius 1 is 0.471 bits per heavy atom. The van der Waals surface area contributed by atoms with Crippen molar-refractivity contribution in [2.24, 2.45) is 40.9 Å². The molecule has 5 aliphatic rings. The van der Waals surface area contributed by atoms with Gasteiger partial charge in [-0.25, -0.2) is 9.59 Å². The average Bonchev–Trinajstić information content (AvgIpc) is 2.37. The summed E-state index contributed by atoms with van der Waals surface area (Å²) in [6.07, 6.45) is 41.7. The van der Waals surface area contributed by atoms with Crippen LogP contribution in [0.3, 0.4) is 0 Å². The number of imide groups is 2. The topological polar surface area (TPSA) is 283 Å². The van der Waals surface area contributed by atoms with Gasteiger partial charge in [-0.15, -0.1) is 26.8 Å². The number of hydrogen-bond acceptors (Lipinski definition) is 16. The van der Waals surface area contributed by atoms with E-state index in [0.717, 1.165) is 102 Å². The lowest BCUT2D eigenvalue weighted by Crippen LogP contribution is -2.31. The van der Waals surface area contributed by atoms with Gasteiger partial charge in [0.25, 0.3) is 0 Å². The van der Waals surface area contributed by atoms with E-state index in [-0.39, 0.29) is 55.2 Å². The van der Waals surface area contributed by atoms with Gasteiger partial charge in [0.2, 0.25) is 23.6 Å². The van der Waals surface area contributed by atoms with Crippen molar-refractivity contribution in [3.05, 3.63) is 46.8 Å². The molecule has 0 aliphatic carbocycles. The molecule has 6 N–H and O–H groups in total. The molecule has 0 aromatic carbocycles. The van der Waals surface area contributed by atoms with Gasteiger partial charge >= 0.3 is 35.8 Å². The van der Waals surface area contributed by atoms with Crippen LogP contribution in [0.5, 0.6) is 0 Å². The van der Waals surface area contributed by atoms with E-state index in [1.807, 2.05) is 13.0 Å². The summed E-state index contributed by atoms with van der Waals surface area (Å²) in [6.45, 7) is 11.4. The zero-order chi connectivity index (χ0) is 64.6. The predicted octanol–water partition coefficient (Wildman–Crippen LogP) is 12.8. The van der Waals surface area contributed by atoms with Crippen LogP contribution in [0.1, 0.15) is 232 Å². The molecule has 24 heteroatoms. The molecule has 4 amide bonds. The first-order chi connectivity index (χ1) is 41.9. The van der Waals surface area contributed by atoms with Gasteiger partial charge in [-0.2, -0.15) is 0 Å². The minimum absolute atomic E-state index is 0.0333. The van der Waals surface area contributed by atoms with Crippen LogP contribution in [0.4, 0.5) is 0 Å². The Morgan fingerprint density at radius 3 is 1.17 bits per heavy atom. The minimum Gasteiger partial charge on any atom is -0.393 e. The summed E-state index contributed by atoms with van der Waals surface area (Å²) >= 11 is 0. The molecule has 494 valence electrons. The molecule has 10 atom stereocenters. The summed E-state index contributed by atoms with van der Waals surface area (Å²) in [5.41, 5.74) is 16.5. The van der Waals surface area contributed by atoms with Crippen molar-refractivity contribution in [3.63, 3.8) is 0 Å². The Morgan fingerprint density at radius 2 is 0.828 bits per heavy atom. The standard InChI is InChI=1S/C33H60N4O4P2.C12H27N.C11H12O6P2.C4H2O3.C3H8P2/c34-19-15-11-7-3-1-5-9-13-17-21-36-30(38)25-27(32(36)40)23-29(43-42)24-28-26-31(39)37(33(28)41)22-18-14-10-6-2-4-8-12-16-20-35;1-2-3-4-5-6-7-8-9-10-11-12-13;12-8-3-5(10(14)16-8)1-7(19-18)2-6-4-9(13)17-11(6)15;5-3-1-2-4(6)7-3;1-3(2)5-4/h23,27-28,43H,1-22,24-26,34-35,42H2;2-13H2,1H3;1,5-6,19H,2-4,18H2;1-2H;5H,1,4H2,2H3. The SMILES string of the molecule is C=C(C)PP.CCCCCCCCCCCCN.NCCCCCCCCCCCN1C(=O)CC(C=C(CC2CC(=O)N(CCCCCCCCCCCN)C2=O)PP)C1=O.O=C1C=CC(=O)O1.O=C1CC(C=C(CC2CC(=O)OC2=O)PP)C(=O)O1. The number of cyclic esters (lactones) is 6. The first-order valence-electron chi connectivity index (χ1n) is 32.1. The molecule has 0 aromatic rings. The highest BCUT2D eigenvalue weighted by Crippen LogP contribution is 2.42. The van der Waals surface area contributed by atoms with Gasteiger partial charge in [0.05, 0.1) is 36.5 Å². The largest absolute Gasteiger partial charge is 0.393 e. The molecular formula is C63H109N5O13P6. The van der Waals surface area contributed by atoms with Crippen molar-refractivity contribution in [3.8, 4) is 0 Å². The molecule has 5 heterocycles. The van der Waals surface area contributed by atoms with Crippen molar-refractivity contribution in [2.45, 2.75) is 232 Å². The highest BCUT2D eigenvalue weighted by atomic mass is 32.0. The fourth-order valence-electron chi connectivity index (χ4n) is 10.1. The molecule has 4 fully saturated rings. The third-order valence-electron chi connectivity index (χ3n) is 15.1. The molecule has 0 saturated carbocycles. The third-order valence-corrected chi connectivity index (χ3v) is 20.8. The monoisotopic (exact) mass is 1330 g/mol. The second kappa shape index (κ2) is 52.7. The lowest BCUT2D eigenvalue weighted by molar-refractivity contribution is -0.154. The van der Waals surface area contributed by atoms with Crippen molar-refractivity contribution < 1.29 is 62.2 Å². The number of amides is 4. The maximum atomic E-state index is 13.1. The van der Waals surface area contributed by atoms with E-state index in [2.05, 4.69) is 54.5 Å². The molecule has 0 radical (unpaired) electrons. The second-order valence-electron chi connectivity index (χ2n) is 22.8. The summed E-state index contributed by atoms with van der Waals surface area (Å²) in [7, 11) is 9.35. The number of ether oxygens (including phenoxy) is 3. The molecule has 4 saturated heterocycles. The number of esters is 6. The highest BCUT2D eigenvalue weighted by Gasteiger charge is 2.40. The fourth-order valence-corrected chi connectivity index (χ4v) is 12.7. The van der Waals surface area contributed by atoms with Crippen LogP contribution >= 0.6 is 51.6 Å². The fraction of sp³-hybridized carbons (Fsp3) is 0.714. The van der Waals surface area contributed by atoms with E-state index in [1.165, 1.54) is 144 Å². The summed E-state index contributed by atoms with van der Waals surface area (Å²) in [6, 6.07) is 0. The lowest BCUT2D eigenvalue weighted by Gasteiger charge is -2.16. The molecule has 0 aromatic heterocycles. The number of carbonyl (C=O) groups is 10. The van der Waals surface area contributed by atoms with Gasteiger partial charge in [-0.1, -0.05) is 203 Å². The van der Waals surface area contributed by atoms with Crippen molar-refractivity contribution in [2.75, 3.05) is 32.7 Å². The summed E-state index contributed by atoms with van der Waals surface area (Å²) in [5, 5.41) is 3.08. The predicted molar refractivity (Wildman–Crippen MR) is 365 cm³/mol. The number of nitrogens with zero attached hydrogens (tertiary/aromatic N) is 2. The Labute approximate surface area is 533 Å². The van der Waals surface area contributed by atoms with E-state index in [0.29, 0.717) is 42.5 Å². The summed E-state index contributed by atoms with van der Waals surface area (Å²) in [5.74, 6) is -5.53. The number of nitrogens with two attached hydrogens (primary N) is 3. The number of allylic oxidation sites excluding steroid dienone is 3. The van der Waals surface area contributed by atoms with Crippen molar-refractivity contribution >= 4 is 111 Å². The Bertz CT molecular complexity index is 2190. The number of likely N-dealkylation sites (tertiary alicyclic amines) is 2.